The molecule has 0 bridgehead atoms. The maximum atomic E-state index is 12.4. The van der Waals surface area contributed by atoms with Crippen molar-refractivity contribution in [2.75, 3.05) is 26.3 Å². The Kier molecular flexibility index (Phi) is 3.98. The zero-order valence-electron chi connectivity index (χ0n) is 11.7. The van der Waals surface area contributed by atoms with E-state index in [-0.39, 0.29) is 12.2 Å². The fraction of sp³-hybridized carbons (Fsp3) is 0.600. The minimum Gasteiger partial charge on any atom is -0.350 e. The number of piperidine rings is 1. The molecule has 20 heavy (non-hydrogen) atoms. The maximum Gasteiger partial charge on any atom is 0.272 e. The third-order valence-electron chi connectivity index (χ3n) is 3.97. The summed E-state index contributed by atoms with van der Waals surface area (Å²) in [7, 11) is 0. The first-order valence-electron chi connectivity index (χ1n) is 7.20. The topological polar surface area (TPSA) is 51.7 Å². The molecule has 108 valence electrons. The summed E-state index contributed by atoms with van der Waals surface area (Å²) in [6, 6.07) is 5.56. The van der Waals surface area contributed by atoms with Crippen molar-refractivity contribution in [3.8, 4) is 0 Å². The average Bonchev–Trinajstić information content (AvgIpc) is 3.01. The lowest BCUT2D eigenvalue weighted by atomic mass is 9.96. The summed E-state index contributed by atoms with van der Waals surface area (Å²) < 4.78 is 11.1. The summed E-state index contributed by atoms with van der Waals surface area (Å²) in [6.45, 7) is 4.79. The number of carbonyl (C=O) groups is 1. The lowest BCUT2D eigenvalue weighted by Crippen LogP contribution is -2.41. The highest BCUT2D eigenvalue weighted by Gasteiger charge is 2.32. The van der Waals surface area contributed by atoms with Gasteiger partial charge >= 0.3 is 0 Å². The molecule has 0 radical (unpaired) electrons. The molecule has 5 nitrogen and oxygen atoms in total. The Balaban J connectivity index is 1.58. The Hall–Kier alpha value is -1.46. The minimum atomic E-state index is -0.0654. The number of hydrogen-bond acceptors (Lipinski definition) is 4. The van der Waals surface area contributed by atoms with Crippen molar-refractivity contribution < 1.29 is 14.3 Å². The molecule has 0 N–H and O–H groups in total. The third-order valence-corrected chi connectivity index (χ3v) is 3.97. The summed E-state index contributed by atoms with van der Waals surface area (Å²) in [4.78, 5) is 18.6. The lowest BCUT2D eigenvalue weighted by molar-refractivity contribution is -0.0956. The Bertz CT molecular complexity index is 478. The fourth-order valence-corrected chi connectivity index (χ4v) is 2.85. The van der Waals surface area contributed by atoms with Gasteiger partial charge in [0.2, 0.25) is 0 Å². The van der Waals surface area contributed by atoms with Gasteiger partial charge in [-0.2, -0.15) is 0 Å². The van der Waals surface area contributed by atoms with Crippen LogP contribution in [-0.4, -0.2) is 48.4 Å². The van der Waals surface area contributed by atoms with Gasteiger partial charge in [-0.25, -0.2) is 4.98 Å². The molecule has 0 unspecified atom stereocenters. The van der Waals surface area contributed by atoms with E-state index in [4.69, 9.17) is 9.47 Å². The minimum absolute atomic E-state index is 0.0282. The van der Waals surface area contributed by atoms with Gasteiger partial charge in [-0.05, 0) is 31.9 Å². The highest BCUT2D eigenvalue weighted by Crippen LogP contribution is 2.26. The van der Waals surface area contributed by atoms with E-state index < -0.39 is 0 Å². The van der Waals surface area contributed by atoms with Gasteiger partial charge in [0.15, 0.2) is 6.29 Å². The van der Waals surface area contributed by atoms with Gasteiger partial charge in [0.1, 0.15) is 5.69 Å². The molecule has 2 fully saturated rings. The molecule has 1 amide bonds. The normalized spacial score (nSPS) is 21.4. The monoisotopic (exact) mass is 276 g/mol. The SMILES string of the molecule is Cc1cccc(C(=O)N2CCC(C3OCCO3)CC2)n1. The van der Waals surface area contributed by atoms with E-state index in [1.165, 1.54) is 0 Å². The standard InChI is InChI=1S/C15H20N2O3/c1-11-3-2-4-13(16-11)14(18)17-7-5-12(6-8-17)15-19-9-10-20-15/h2-4,12,15H,5-10H2,1H3. The molecule has 2 saturated heterocycles. The first-order chi connectivity index (χ1) is 9.74. The van der Waals surface area contributed by atoms with Gasteiger partial charge in [-0.1, -0.05) is 6.07 Å². The molecule has 5 heteroatoms. The van der Waals surface area contributed by atoms with Gasteiger partial charge < -0.3 is 14.4 Å². The van der Waals surface area contributed by atoms with Crippen LogP contribution < -0.4 is 0 Å². The predicted molar refractivity (Wildman–Crippen MR) is 73.3 cm³/mol. The second-order valence-corrected chi connectivity index (χ2v) is 5.40. The van der Waals surface area contributed by atoms with Crippen molar-refractivity contribution in [1.82, 2.24) is 9.88 Å². The Morgan fingerprint density at radius 2 is 1.95 bits per heavy atom. The van der Waals surface area contributed by atoms with E-state index in [0.29, 0.717) is 24.8 Å². The van der Waals surface area contributed by atoms with Crippen LogP contribution in [0.3, 0.4) is 0 Å². The number of amides is 1. The zero-order valence-corrected chi connectivity index (χ0v) is 11.7. The van der Waals surface area contributed by atoms with E-state index >= 15 is 0 Å². The van der Waals surface area contributed by atoms with Crippen LogP contribution in [0.15, 0.2) is 18.2 Å². The zero-order chi connectivity index (χ0) is 13.9. The highest BCUT2D eigenvalue weighted by atomic mass is 16.7. The molecular formula is C15H20N2O3. The molecule has 2 aliphatic heterocycles. The van der Waals surface area contributed by atoms with Crippen molar-refractivity contribution >= 4 is 5.91 Å². The molecule has 1 aromatic heterocycles. The first kappa shape index (κ1) is 13.5. The van der Waals surface area contributed by atoms with Crippen molar-refractivity contribution in [3.63, 3.8) is 0 Å². The van der Waals surface area contributed by atoms with Crippen molar-refractivity contribution in [2.45, 2.75) is 26.1 Å². The number of carbonyl (C=O) groups excluding carboxylic acids is 1. The van der Waals surface area contributed by atoms with Gasteiger partial charge in [0.05, 0.1) is 13.2 Å². The van der Waals surface area contributed by atoms with E-state index in [1.54, 1.807) is 6.07 Å². The number of aromatic nitrogens is 1. The second kappa shape index (κ2) is 5.89. The van der Waals surface area contributed by atoms with E-state index in [1.807, 2.05) is 24.0 Å². The largest absolute Gasteiger partial charge is 0.350 e. The summed E-state index contributed by atoms with van der Waals surface area (Å²) in [6.07, 6.45) is 1.80. The van der Waals surface area contributed by atoms with Crippen LogP contribution in [0.5, 0.6) is 0 Å². The molecule has 0 saturated carbocycles. The van der Waals surface area contributed by atoms with Crippen LogP contribution in [-0.2, 0) is 9.47 Å². The fourth-order valence-electron chi connectivity index (χ4n) is 2.85. The van der Waals surface area contributed by atoms with Gasteiger partial charge in [0.25, 0.3) is 5.91 Å². The second-order valence-electron chi connectivity index (χ2n) is 5.40. The summed E-state index contributed by atoms with van der Waals surface area (Å²) >= 11 is 0. The molecular weight excluding hydrogens is 256 g/mol. The number of nitrogens with zero attached hydrogens (tertiary/aromatic N) is 2. The lowest BCUT2D eigenvalue weighted by Gasteiger charge is -2.33. The molecule has 1 aromatic rings. The first-order valence-corrected chi connectivity index (χ1v) is 7.20. The number of hydrogen-bond donors (Lipinski definition) is 0. The van der Waals surface area contributed by atoms with Crippen LogP contribution in [0.4, 0.5) is 0 Å². The molecule has 0 atom stereocenters. The Morgan fingerprint density at radius 3 is 2.60 bits per heavy atom. The highest BCUT2D eigenvalue weighted by molar-refractivity contribution is 5.92. The molecule has 0 aromatic carbocycles. The quantitative estimate of drug-likeness (QED) is 0.823. The van der Waals surface area contributed by atoms with E-state index in [9.17, 15) is 4.79 Å². The van der Waals surface area contributed by atoms with Crippen molar-refractivity contribution in [3.05, 3.63) is 29.6 Å². The van der Waals surface area contributed by atoms with Crippen LogP contribution in [0.2, 0.25) is 0 Å². The average molecular weight is 276 g/mol. The molecule has 3 heterocycles. The van der Waals surface area contributed by atoms with Gasteiger partial charge in [-0.3, -0.25) is 4.79 Å². The predicted octanol–water partition coefficient (Wildman–Crippen LogP) is 1.62. The van der Waals surface area contributed by atoms with Crippen LogP contribution in [0, 0.1) is 12.8 Å². The third kappa shape index (κ3) is 2.83. The number of likely N-dealkylation sites (tertiary alicyclic amines) is 1. The number of pyridine rings is 1. The van der Waals surface area contributed by atoms with E-state index in [2.05, 4.69) is 4.98 Å². The number of aryl methyl sites for hydroxylation is 1. The maximum absolute atomic E-state index is 12.4. The molecule has 0 spiro atoms. The van der Waals surface area contributed by atoms with Crippen molar-refractivity contribution in [1.29, 1.82) is 0 Å². The summed E-state index contributed by atoms with van der Waals surface area (Å²) in [5, 5.41) is 0. The number of ether oxygens (including phenoxy) is 2. The summed E-state index contributed by atoms with van der Waals surface area (Å²) in [5.41, 5.74) is 1.41. The molecule has 0 aliphatic carbocycles. The van der Waals surface area contributed by atoms with E-state index in [0.717, 1.165) is 31.6 Å². The molecule has 2 aliphatic rings. The summed E-state index contributed by atoms with van der Waals surface area (Å²) in [5.74, 6) is 0.437. The smallest absolute Gasteiger partial charge is 0.272 e. The Labute approximate surface area is 118 Å². The number of rotatable bonds is 2. The van der Waals surface area contributed by atoms with Crippen LogP contribution >= 0.6 is 0 Å². The van der Waals surface area contributed by atoms with Gasteiger partial charge in [0, 0.05) is 24.7 Å². The van der Waals surface area contributed by atoms with Crippen LogP contribution in [0.1, 0.15) is 29.0 Å². The van der Waals surface area contributed by atoms with Crippen LogP contribution in [0.25, 0.3) is 0 Å². The van der Waals surface area contributed by atoms with Gasteiger partial charge in [-0.15, -0.1) is 0 Å². The van der Waals surface area contributed by atoms with Crippen molar-refractivity contribution in [2.24, 2.45) is 5.92 Å². The molecule has 3 rings (SSSR count). The Morgan fingerprint density at radius 1 is 1.25 bits per heavy atom.